The van der Waals surface area contributed by atoms with E-state index in [2.05, 4.69) is 9.72 Å². The van der Waals surface area contributed by atoms with E-state index >= 15 is 0 Å². The van der Waals surface area contributed by atoms with E-state index in [1.54, 1.807) is 5.32 Å². The van der Waals surface area contributed by atoms with Gasteiger partial charge < -0.3 is 16.2 Å². The molecule has 0 spiro atoms. The number of nitrogen functional groups attached to an aromatic ring is 1. The minimum atomic E-state index is -4.96. The summed E-state index contributed by atoms with van der Waals surface area (Å²) in [5, 5.41) is 10.7. The molecule has 0 bridgehead atoms. The van der Waals surface area contributed by atoms with E-state index in [1.807, 2.05) is 0 Å². The number of sulfonamides is 1. The molecule has 0 aliphatic carbocycles. The summed E-state index contributed by atoms with van der Waals surface area (Å²) in [5.74, 6) is -1.17. The van der Waals surface area contributed by atoms with Crippen LogP contribution in [0, 0.1) is 0 Å². The van der Waals surface area contributed by atoms with Crippen molar-refractivity contribution >= 4 is 21.6 Å². The highest BCUT2D eigenvalue weighted by atomic mass is 32.2. The second kappa shape index (κ2) is 9.13. The van der Waals surface area contributed by atoms with E-state index in [-0.39, 0.29) is 25.9 Å². The van der Waals surface area contributed by atoms with Crippen molar-refractivity contribution < 1.29 is 49.4 Å². The van der Waals surface area contributed by atoms with Gasteiger partial charge in [-0.3, -0.25) is 9.53 Å². The number of hydrogen-bond acceptors (Lipinski definition) is 7. The molecule has 1 amide bonds. The lowest BCUT2D eigenvalue weighted by Gasteiger charge is -2.31. The molecular formula is C15H18F6N4O5S. The summed E-state index contributed by atoms with van der Waals surface area (Å²) in [6.45, 7) is -1.69. The van der Waals surface area contributed by atoms with Crippen LogP contribution in [0.25, 0.3) is 0 Å². The molecule has 2 heterocycles. The Bertz CT molecular complexity index is 900. The van der Waals surface area contributed by atoms with Crippen molar-refractivity contribution in [1.82, 2.24) is 14.6 Å². The van der Waals surface area contributed by atoms with E-state index in [0.29, 0.717) is 0 Å². The number of carbonyl (C=O) groups is 1. The van der Waals surface area contributed by atoms with Crippen LogP contribution in [-0.4, -0.2) is 73.1 Å². The third-order valence-electron chi connectivity index (χ3n) is 4.28. The number of aromatic nitrogens is 1. The number of hydrogen-bond donors (Lipinski definition) is 3. The molecule has 176 valence electrons. The predicted octanol–water partition coefficient (Wildman–Crippen LogP) is 1.01. The van der Waals surface area contributed by atoms with Crippen LogP contribution in [0.2, 0.25) is 0 Å². The van der Waals surface area contributed by atoms with Crippen molar-refractivity contribution in [1.29, 1.82) is 0 Å². The van der Waals surface area contributed by atoms with Gasteiger partial charge in [0.2, 0.25) is 10.0 Å². The summed E-state index contributed by atoms with van der Waals surface area (Å²) in [6, 6.07) is 0.857. The van der Waals surface area contributed by atoms with E-state index in [1.165, 1.54) is 0 Å². The fourth-order valence-corrected chi connectivity index (χ4v) is 4.16. The highest BCUT2D eigenvalue weighted by Crippen LogP contribution is 2.28. The van der Waals surface area contributed by atoms with Crippen LogP contribution in [0.4, 0.5) is 32.0 Å². The molecule has 0 radical (unpaired) electrons. The van der Waals surface area contributed by atoms with Gasteiger partial charge in [0.25, 0.3) is 5.91 Å². The van der Waals surface area contributed by atoms with Gasteiger partial charge in [-0.25, -0.2) is 13.4 Å². The van der Waals surface area contributed by atoms with Crippen molar-refractivity contribution in [3.8, 4) is 0 Å². The first-order valence-electron chi connectivity index (χ1n) is 8.64. The van der Waals surface area contributed by atoms with Gasteiger partial charge in [-0.2, -0.15) is 17.5 Å². The largest absolute Gasteiger partial charge is 0.522 e. The van der Waals surface area contributed by atoms with Crippen molar-refractivity contribution in [3.63, 3.8) is 0 Å². The normalized spacial score (nSPS) is 18.0. The minimum absolute atomic E-state index is 0.205. The average Bonchev–Trinajstić information content (AvgIpc) is 2.64. The van der Waals surface area contributed by atoms with Crippen molar-refractivity contribution in [2.24, 2.45) is 0 Å². The lowest BCUT2D eigenvalue weighted by molar-refractivity contribution is -0.345. The Labute approximate surface area is 172 Å². The molecule has 1 aliphatic heterocycles. The fraction of sp³-hybridized carbons (Fsp3) is 0.600. The third-order valence-corrected chi connectivity index (χ3v) is 6.14. The molecule has 1 aromatic rings. The summed E-state index contributed by atoms with van der Waals surface area (Å²) in [5.41, 5.74) is 4.57. The lowest BCUT2D eigenvalue weighted by atomic mass is 10.1. The third kappa shape index (κ3) is 6.65. The van der Waals surface area contributed by atoms with Crippen molar-refractivity contribution in [3.05, 3.63) is 18.0 Å². The molecule has 4 N–H and O–H groups in total. The molecule has 0 saturated carbocycles. The molecule has 2 rings (SSSR count). The van der Waals surface area contributed by atoms with E-state index < -0.39 is 63.5 Å². The molecular weight excluding hydrogens is 462 g/mol. The van der Waals surface area contributed by atoms with Crippen LogP contribution < -0.4 is 11.1 Å². The molecule has 1 saturated heterocycles. The number of anilines is 1. The number of nitrogens with two attached hydrogens (primary N) is 1. The van der Waals surface area contributed by atoms with Gasteiger partial charge >= 0.3 is 12.5 Å². The molecule has 1 unspecified atom stereocenters. The molecule has 1 fully saturated rings. The molecule has 16 heteroatoms. The first-order valence-corrected chi connectivity index (χ1v) is 10.1. The van der Waals surface area contributed by atoms with Crippen LogP contribution in [0.5, 0.6) is 0 Å². The Kier molecular flexibility index (Phi) is 7.39. The fourth-order valence-electron chi connectivity index (χ4n) is 2.71. The van der Waals surface area contributed by atoms with Gasteiger partial charge in [0.15, 0.2) is 11.8 Å². The topological polar surface area (TPSA) is 135 Å². The van der Waals surface area contributed by atoms with Gasteiger partial charge in [-0.05, 0) is 18.9 Å². The number of pyridine rings is 1. The van der Waals surface area contributed by atoms with Crippen LogP contribution in [-0.2, 0) is 14.8 Å². The van der Waals surface area contributed by atoms with Crippen LogP contribution in [0.1, 0.15) is 23.3 Å². The van der Waals surface area contributed by atoms with Gasteiger partial charge in [0.1, 0.15) is 4.90 Å². The number of amides is 1. The van der Waals surface area contributed by atoms with E-state index in [9.17, 15) is 39.6 Å². The number of ether oxygens (including phenoxy) is 1. The zero-order valence-electron chi connectivity index (χ0n) is 15.6. The molecule has 9 nitrogen and oxygen atoms in total. The summed E-state index contributed by atoms with van der Waals surface area (Å²) >= 11 is 0. The standard InChI is InChI=1S/C15H18F6N4O5S/c16-14(17,18)11(26)7-24-13(27)12-10(22)5-9(6-23-12)31(28,29)25-3-1-8(2-4-25)30-15(19,20)21/h5-6,8,11,26H,1-4,7,22H2,(H,24,27). The van der Waals surface area contributed by atoms with Gasteiger partial charge in [0, 0.05) is 19.3 Å². The number of rotatable bonds is 6. The summed E-state index contributed by atoms with van der Waals surface area (Å²) in [4.78, 5) is 15.0. The number of aliphatic hydroxyl groups excluding tert-OH is 1. The number of piperidine rings is 1. The predicted molar refractivity (Wildman–Crippen MR) is 92.0 cm³/mol. The maximum absolute atomic E-state index is 12.6. The summed E-state index contributed by atoms with van der Waals surface area (Å²) in [6.07, 6.45) is -13.5. The average molecular weight is 480 g/mol. The zero-order valence-corrected chi connectivity index (χ0v) is 16.4. The van der Waals surface area contributed by atoms with Crippen molar-refractivity contribution in [2.75, 3.05) is 25.4 Å². The molecule has 31 heavy (non-hydrogen) atoms. The maximum Gasteiger partial charge on any atom is 0.522 e. The second-order valence-corrected chi connectivity index (χ2v) is 8.48. The zero-order chi connectivity index (χ0) is 23.6. The lowest BCUT2D eigenvalue weighted by Crippen LogP contribution is -2.42. The quantitative estimate of drug-likeness (QED) is 0.517. The molecule has 1 atom stereocenters. The molecule has 1 aliphatic rings. The van der Waals surface area contributed by atoms with Gasteiger partial charge in [-0.15, -0.1) is 13.2 Å². The highest BCUT2D eigenvalue weighted by Gasteiger charge is 2.39. The monoisotopic (exact) mass is 480 g/mol. The Hall–Kier alpha value is -2.17. The molecule has 0 aromatic carbocycles. The van der Waals surface area contributed by atoms with Crippen LogP contribution >= 0.6 is 0 Å². The number of carbonyl (C=O) groups excluding carboxylic acids is 1. The Morgan fingerprint density at radius 2 is 1.87 bits per heavy atom. The maximum atomic E-state index is 12.6. The van der Waals surface area contributed by atoms with E-state index in [0.717, 1.165) is 16.6 Å². The summed E-state index contributed by atoms with van der Waals surface area (Å²) in [7, 11) is -4.21. The second-order valence-electron chi connectivity index (χ2n) is 6.54. The number of alkyl halides is 6. The van der Waals surface area contributed by atoms with Gasteiger partial charge in [0.05, 0.1) is 18.3 Å². The number of nitrogens with zero attached hydrogens (tertiary/aromatic N) is 2. The van der Waals surface area contributed by atoms with Crippen LogP contribution in [0.3, 0.4) is 0 Å². The Morgan fingerprint density at radius 3 is 2.35 bits per heavy atom. The molecule has 1 aromatic heterocycles. The Balaban J connectivity index is 2.06. The van der Waals surface area contributed by atoms with E-state index in [4.69, 9.17) is 10.8 Å². The smallest absolute Gasteiger partial charge is 0.397 e. The van der Waals surface area contributed by atoms with Gasteiger partial charge in [-0.1, -0.05) is 0 Å². The SMILES string of the molecule is Nc1cc(S(=O)(=O)N2CCC(OC(F)(F)F)CC2)cnc1C(=O)NCC(O)C(F)(F)F. The highest BCUT2D eigenvalue weighted by molar-refractivity contribution is 7.89. The summed E-state index contributed by atoms with van der Waals surface area (Å²) < 4.78 is 104. The first-order chi connectivity index (χ1) is 14.1. The number of aliphatic hydroxyl groups is 1. The minimum Gasteiger partial charge on any atom is -0.397 e. The Morgan fingerprint density at radius 1 is 1.29 bits per heavy atom. The van der Waals surface area contributed by atoms with Crippen LogP contribution in [0.15, 0.2) is 17.2 Å². The first kappa shape index (κ1) is 25.1. The number of halogens is 6. The van der Waals surface area contributed by atoms with Crippen molar-refractivity contribution in [2.45, 2.75) is 42.5 Å². The number of nitrogens with one attached hydrogen (secondary N) is 1.